The molecule has 2 aromatic rings. The van der Waals surface area contributed by atoms with Crippen LogP contribution in [0.1, 0.15) is 59.9 Å². The first kappa shape index (κ1) is 25.2. The monoisotopic (exact) mass is 464 g/mol. The van der Waals surface area contributed by atoms with Crippen molar-refractivity contribution in [3.05, 3.63) is 53.5 Å². The Balaban J connectivity index is 1.93. The first-order valence-electron chi connectivity index (χ1n) is 11.6. The lowest BCUT2D eigenvalue weighted by Crippen LogP contribution is -2.50. The molecule has 8 nitrogen and oxygen atoms in total. The van der Waals surface area contributed by atoms with E-state index in [1.54, 1.807) is 54.4 Å². The van der Waals surface area contributed by atoms with Gasteiger partial charge in [-0.1, -0.05) is 25.7 Å². The standard InChI is InChI=1S/C26H32N4O4/c1-5-6-7-9-20-12-22-24(28-13-20)34-23(18(2)15-30(26(22)33)19(3)17-31)16-29(4)25(32)21-10-8-11-27-14-21/h8,10-14,18-19,23,31H,5-6,15-17H2,1-4H3/t18-,19+,23+/m0/s1. The van der Waals surface area contributed by atoms with Gasteiger partial charge in [-0.25, -0.2) is 4.98 Å². The van der Waals surface area contributed by atoms with Gasteiger partial charge >= 0.3 is 0 Å². The van der Waals surface area contributed by atoms with Crippen molar-refractivity contribution in [1.82, 2.24) is 19.8 Å². The Morgan fingerprint density at radius 3 is 2.88 bits per heavy atom. The molecule has 0 saturated heterocycles. The second-order valence-electron chi connectivity index (χ2n) is 8.68. The number of nitrogens with zero attached hydrogens (tertiary/aromatic N) is 4. The average Bonchev–Trinajstić information content (AvgIpc) is 2.86. The highest BCUT2D eigenvalue weighted by molar-refractivity contribution is 5.97. The van der Waals surface area contributed by atoms with E-state index in [4.69, 9.17) is 4.74 Å². The molecule has 0 aliphatic carbocycles. The maximum Gasteiger partial charge on any atom is 0.259 e. The molecule has 3 heterocycles. The number of carbonyl (C=O) groups is 2. The lowest BCUT2D eigenvalue weighted by atomic mass is 9.99. The van der Waals surface area contributed by atoms with E-state index in [2.05, 4.69) is 28.7 Å². The second-order valence-corrected chi connectivity index (χ2v) is 8.68. The minimum absolute atomic E-state index is 0.124. The van der Waals surface area contributed by atoms with E-state index < -0.39 is 6.10 Å². The summed E-state index contributed by atoms with van der Waals surface area (Å²) in [5.74, 6) is 5.78. The molecule has 3 atom stereocenters. The largest absolute Gasteiger partial charge is 0.472 e. The molecule has 0 aromatic carbocycles. The third-order valence-corrected chi connectivity index (χ3v) is 5.84. The number of pyridine rings is 2. The van der Waals surface area contributed by atoms with Gasteiger partial charge < -0.3 is 19.6 Å². The van der Waals surface area contributed by atoms with Gasteiger partial charge in [0.05, 0.1) is 24.8 Å². The first-order chi connectivity index (χ1) is 16.3. The molecule has 34 heavy (non-hydrogen) atoms. The van der Waals surface area contributed by atoms with E-state index in [9.17, 15) is 14.7 Å². The zero-order chi connectivity index (χ0) is 24.7. The molecule has 180 valence electrons. The van der Waals surface area contributed by atoms with Gasteiger partial charge in [-0.05, 0) is 31.5 Å². The van der Waals surface area contributed by atoms with Crippen LogP contribution in [0.3, 0.4) is 0 Å². The zero-order valence-electron chi connectivity index (χ0n) is 20.2. The van der Waals surface area contributed by atoms with Gasteiger partial charge in [0.1, 0.15) is 11.7 Å². The quantitative estimate of drug-likeness (QED) is 0.661. The number of aliphatic hydroxyl groups excluding tert-OH is 1. The molecule has 2 amide bonds. The Hall–Kier alpha value is -3.44. The zero-order valence-corrected chi connectivity index (χ0v) is 20.2. The molecular formula is C26H32N4O4. The third kappa shape index (κ3) is 5.91. The average molecular weight is 465 g/mol. The van der Waals surface area contributed by atoms with E-state index >= 15 is 0 Å². The summed E-state index contributed by atoms with van der Waals surface area (Å²) in [6, 6.07) is 4.75. The molecule has 2 aromatic heterocycles. The predicted molar refractivity (Wildman–Crippen MR) is 128 cm³/mol. The summed E-state index contributed by atoms with van der Waals surface area (Å²) >= 11 is 0. The second kappa shape index (κ2) is 11.6. The number of amides is 2. The predicted octanol–water partition coefficient (Wildman–Crippen LogP) is 2.62. The fourth-order valence-electron chi connectivity index (χ4n) is 3.74. The van der Waals surface area contributed by atoms with E-state index in [-0.39, 0.29) is 36.3 Å². The molecule has 1 aliphatic heterocycles. The lowest BCUT2D eigenvalue weighted by Gasteiger charge is -2.37. The van der Waals surface area contributed by atoms with Crippen LogP contribution < -0.4 is 4.74 Å². The van der Waals surface area contributed by atoms with Crippen molar-refractivity contribution in [2.75, 3.05) is 26.7 Å². The highest BCUT2D eigenvalue weighted by atomic mass is 16.5. The molecule has 0 fully saturated rings. The number of aromatic nitrogens is 2. The van der Waals surface area contributed by atoms with Gasteiger partial charge in [-0.3, -0.25) is 14.6 Å². The van der Waals surface area contributed by atoms with Crippen LogP contribution >= 0.6 is 0 Å². The van der Waals surface area contributed by atoms with Crippen molar-refractivity contribution in [3.8, 4) is 17.7 Å². The molecule has 0 spiro atoms. The number of rotatable bonds is 6. The highest BCUT2D eigenvalue weighted by Crippen LogP contribution is 2.27. The number of unbranched alkanes of at least 4 members (excludes halogenated alkanes) is 1. The first-order valence-corrected chi connectivity index (χ1v) is 11.6. The lowest BCUT2D eigenvalue weighted by molar-refractivity contribution is 0.0313. The Kier molecular flexibility index (Phi) is 8.61. The van der Waals surface area contributed by atoms with Gasteiger partial charge in [-0.15, -0.1) is 0 Å². The molecule has 0 unspecified atom stereocenters. The summed E-state index contributed by atoms with van der Waals surface area (Å²) in [4.78, 5) is 38.0. The van der Waals surface area contributed by atoms with Crippen LogP contribution in [0.15, 0.2) is 36.8 Å². The van der Waals surface area contributed by atoms with Gasteiger partial charge in [0.25, 0.3) is 11.8 Å². The van der Waals surface area contributed by atoms with Crippen LogP contribution in [0, 0.1) is 17.8 Å². The number of carbonyl (C=O) groups excluding carboxylic acids is 2. The molecule has 8 heteroatoms. The topological polar surface area (TPSA) is 95.9 Å². The minimum atomic E-state index is -0.421. The SMILES string of the molecule is CCCC#Cc1cnc2c(c1)C(=O)N([C@H](C)CO)C[C@H](C)[C@@H](CN(C)C(=O)c1cccnc1)O2. The molecule has 0 saturated carbocycles. The Morgan fingerprint density at radius 2 is 2.21 bits per heavy atom. The van der Waals surface area contributed by atoms with Crippen LogP contribution in [0.25, 0.3) is 0 Å². The van der Waals surface area contributed by atoms with Crippen molar-refractivity contribution in [1.29, 1.82) is 0 Å². The van der Waals surface area contributed by atoms with Crippen molar-refractivity contribution in [3.63, 3.8) is 0 Å². The number of fused-ring (bicyclic) bond motifs is 1. The molecule has 1 aliphatic rings. The molecule has 0 bridgehead atoms. The molecular weight excluding hydrogens is 432 g/mol. The van der Waals surface area contributed by atoms with E-state index in [0.717, 1.165) is 12.8 Å². The number of ether oxygens (including phenoxy) is 1. The summed E-state index contributed by atoms with van der Waals surface area (Å²) < 4.78 is 6.24. The summed E-state index contributed by atoms with van der Waals surface area (Å²) in [6.45, 7) is 6.32. The van der Waals surface area contributed by atoms with Gasteiger partial charge in [0.15, 0.2) is 0 Å². The Bertz CT molecular complexity index is 1060. The van der Waals surface area contributed by atoms with Crippen LogP contribution in [-0.2, 0) is 0 Å². The van der Waals surface area contributed by atoms with Crippen molar-refractivity contribution < 1.29 is 19.4 Å². The van der Waals surface area contributed by atoms with Gasteiger partial charge in [0, 0.05) is 50.1 Å². The fraction of sp³-hybridized carbons (Fsp3) is 0.462. The van der Waals surface area contributed by atoms with E-state index in [0.29, 0.717) is 29.8 Å². The minimum Gasteiger partial charge on any atom is -0.472 e. The Labute approximate surface area is 201 Å². The summed E-state index contributed by atoms with van der Waals surface area (Å²) in [5, 5.41) is 9.79. The number of likely N-dealkylation sites (N-methyl/N-ethyl adjacent to an activating group) is 1. The van der Waals surface area contributed by atoms with Crippen LogP contribution in [0.4, 0.5) is 0 Å². The van der Waals surface area contributed by atoms with Crippen LogP contribution in [0.5, 0.6) is 5.88 Å². The van der Waals surface area contributed by atoms with Gasteiger partial charge in [0.2, 0.25) is 5.88 Å². The number of aliphatic hydroxyl groups is 1. The number of hydrogen-bond donors (Lipinski definition) is 1. The molecule has 1 N–H and O–H groups in total. The van der Waals surface area contributed by atoms with E-state index in [1.165, 1.54) is 6.20 Å². The Morgan fingerprint density at radius 1 is 1.41 bits per heavy atom. The highest BCUT2D eigenvalue weighted by Gasteiger charge is 2.34. The van der Waals surface area contributed by atoms with Gasteiger partial charge in [-0.2, -0.15) is 0 Å². The van der Waals surface area contributed by atoms with Crippen LogP contribution in [-0.4, -0.2) is 75.6 Å². The van der Waals surface area contributed by atoms with Crippen molar-refractivity contribution in [2.24, 2.45) is 5.92 Å². The van der Waals surface area contributed by atoms with E-state index in [1.807, 2.05) is 6.92 Å². The smallest absolute Gasteiger partial charge is 0.259 e. The van der Waals surface area contributed by atoms with Crippen molar-refractivity contribution >= 4 is 11.8 Å². The summed E-state index contributed by atoms with van der Waals surface area (Å²) in [6.07, 6.45) is 6.03. The van der Waals surface area contributed by atoms with Crippen LogP contribution in [0.2, 0.25) is 0 Å². The maximum absolute atomic E-state index is 13.4. The maximum atomic E-state index is 13.4. The fourth-order valence-corrected chi connectivity index (χ4v) is 3.74. The third-order valence-electron chi connectivity index (χ3n) is 5.84. The molecule has 3 rings (SSSR count). The number of hydrogen-bond acceptors (Lipinski definition) is 6. The molecule has 0 radical (unpaired) electrons. The normalized spacial score (nSPS) is 18.5. The summed E-state index contributed by atoms with van der Waals surface area (Å²) in [5.41, 5.74) is 1.43. The van der Waals surface area contributed by atoms with Crippen molar-refractivity contribution in [2.45, 2.75) is 45.8 Å². The summed E-state index contributed by atoms with van der Waals surface area (Å²) in [7, 11) is 1.71.